The number of anilines is 3. The van der Waals surface area contributed by atoms with Crippen LogP contribution in [0.3, 0.4) is 0 Å². The zero-order valence-corrected chi connectivity index (χ0v) is 18.6. The molecule has 0 radical (unpaired) electrons. The van der Waals surface area contributed by atoms with E-state index in [0.29, 0.717) is 16.9 Å². The number of hydrogen-bond donors (Lipinski definition) is 2. The van der Waals surface area contributed by atoms with Crippen LogP contribution in [0.5, 0.6) is 0 Å². The van der Waals surface area contributed by atoms with Gasteiger partial charge in [-0.2, -0.15) is 0 Å². The molecule has 1 fully saturated rings. The van der Waals surface area contributed by atoms with E-state index in [1.54, 1.807) is 41.8 Å². The van der Waals surface area contributed by atoms with Crippen molar-refractivity contribution in [3.8, 4) is 0 Å². The minimum absolute atomic E-state index is 0.105. The van der Waals surface area contributed by atoms with Crippen molar-refractivity contribution < 1.29 is 18.8 Å². The Labute approximate surface area is 194 Å². The van der Waals surface area contributed by atoms with Crippen LogP contribution in [0.1, 0.15) is 35.8 Å². The molecule has 1 aliphatic rings. The Morgan fingerprint density at radius 2 is 1.85 bits per heavy atom. The molecule has 3 aromatic rings. The lowest BCUT2D eigenvalue weighted by Crippen LogP contribution is -2.26. The lowest BCUT2D eigenvalue weighted by molar-refractivity contribution is -0.116. The third-order valence-electron chi connectivity index (χ3n) is 4.86. The lowest BCUT2D eigenvalue weighted by atomic mass is 10.1. The summed E-state index contributed by atoms with van der Waals surface area (Å²) in [6, 6.07) is 12.9. The van der Waals surface area contributed by atoms with Crippen molar-refractivity contribution in [2.24, 2.45) is 0 Å². The van der Waals surface area contributed by atoms with Crippen LogP contribution >= 0.6 is 11.3 Å². The smallest absolute Gasteiger partial charge is 0.253 e. The summed E-state index contributed by atoms with van der Waals surface area (Å²) in [6.07, 6.45) is 4.71. The van der Waals surface area contributed by atoms with E-state index < -0.39 is 11.7 Å². The van der Waals surface area contributed by atoms with Gasteiger partial charge in [-0.05, 0) is 43.2 Å². The average molecular weight is 465 g/mol. The number of thiazole rings is 1. The number of benzene rings is 2. The Kier molecular flexibility index (Phi) is 6.60. The molecule has 1 heterocycles. The summed E-state index contributed by atoms with van der Waals surface area (Å²) < 4.78 is 14.2. The molecule has 168 valence electrons. The van der Waals surface area contributed by atoms with Crippen molar-refractivity contribution in [3.05, 3.63) is 77.1 Å². The van der Waals surface area contributed by atoms with Gasteiger partial charge in [0.15, 0.2) is 5.13 Å². The van der Waals surface area contributed by atoms with E-state index in [4.69, 9.17) is 0 Å². The van der Waals surface area contributed by atoms with Gasteiger partial charge in [0.1, 0.15) is 5.82 Å². The molecule has 1 saturated carbocycles. The van der Waals surface area contributed by atoms with Crippen LogP contribution in [-0.4, -0.2) is 28.7 Å². The first-order valence-corrected chi connectivity index (χ1v) is 11.2. The Hall–Kier alpha value is -3.85. The number of aromatic nitrogens is 1. The van der Waals surface area contributed by atoms with Gasteiger partial charge in [0.05, 0.1) is 22.6 Å². The first-order chi connectivity index (χ1) is 15.9. The molecular weight excluding hydrogens is 443 g/mol. The molecule has 2 N–H and O–H groups in total. The van der Waals surface area contributed by atoms with Gasteiger partial charge < -0.3 is 10.6 Å². The summed E-state index contributed by atoms with van der Waals surface area (Å²) in [5.41, 5.74) is 1.34. The summed E-state index contributed by atoms with van der Waals surface area (Å²) in [5, 5.41) is 7.56. The number of hydrogen-bond acceptors (Lipinski definition) is 5. The number of nitrogens with one attached hydrogen (secondary N) is 2. The number of halogens is 1. The van der Waals surface area contributed by atoms with E-state index in [9.17, 15) is 18.8 Å². The summed E-state index contributed by atoms with van der Waals surface area (Å²) in [4.78, 5) is 42.5. The van der Waals surface area contributed by atoms with Crippen LogP contribution < -0.4 is 15.5 Å². The molecule has 0 atom stereocenters. The lowest BCUT2D eigenvalue weighted by Gasteiger charge is -2.18. The highest BCUT2D eigenvalue weighted by Gasteiger charge is 2.25. The number of carbonyl (C=O) groups excluding carboxylic acids is 3. The number of rotatable bonds is 7. The van der Waals surface area contributed by atoms with Gasteiger partial charge in [0.25, 0.3) is 5.91 Å². The molecule has 0 spiro atoms. The Morgan fingerprint density at radius 3 is 2.58 bits per heavy atom. The van der Waals surface area contributed by atoms with E-state index >= 15 is 0 Å². The largest absolute Gasteiger partial charge is 0.349 e. The molecule has 1 aliphatic carbocycles. The van der Waals surface area contributed by atoms with Gasteiger partial charge >= 0.3 is 0 Å². The first kappa shape index (κ1) is 22.3. The molecule has 9 heteroatoms. The molecule has 3 amide bonds. The second-order valence-corrected chi connectivity index (χ2v) is 8.31. The Bertz CT molecular complexity index is 1240. The number of nitrogens with zero attached hydrogens (tertiary/aromatic N) is 2. The van der Waals surface area contributed by atoms with Crippen LogP contribution in [-0.2, 0) is 9.59 Å². The van der Waals surface area contributed by atoms with E-state index in [2.05, 4.69) is 15.6 Å². The molecule has 0 aliphatic heterocycles. The van der Waals surface area contributed by atoms with Crippen LogP contribution in [0.2, 0.25) is 0 Å². The van der Waals surface area contributed by atoms with Gasteiger partial charge in [-0.15, -0.1) is 11.3 Å². The van der Waals surface area contributed by atoms with Crippen LogP contribution in [0, 0.1) is 5.82 Å². The van der Waals surface area contributed by atoms with E-state index in [1.807, 2.05) is 0 Å². The molecule has 1 aromatic heterocycles. The summed E-state index contributed by atoms with van der Waals surface area (Å²) in [7, 11) is 0. The van der Waals surface area contributed by atoms with Crippen molar-refractivity contribution in [2.75, 3.05) is 10.2 Å². The summed E-state index contributed by atoms with van der Waals surface area (Å²) in [5.74, 6) is -1.58. The standard InChI is InChI=1S/C24H21FN4O3S/c1-15(30)29(21-9-5-3-7-19(21)25)24-27-17(14-33-24)12-13-22(31)28-20-8-4-2-6-18(20)23(32)26-16-10-11-16/h2-9,12-14,16H,10-11H2,1H3,(H,26,32)(H,28,31)/b13-12+. The van der Waals surface area contributed by atoms with E-state index in [1.165, 1.54) is 36.1 Å². The molecule has 0 bridgehead atoms. The zero-order valence-electron chi connectivity index (χ0n) is 17.7. The minimum atomic E-state index is -0.538. The Morgan fingerprint density at radius 1 is 1.12 bits per heavy atom. The predicted molar refractivity (Wildman–Crippen MR) is 126 cm³/mol. The van der Waals surface area contributed by atoms with Gasteiger partial charge in [-0.3, -0.25) is 19.3 Å². The van der Waals surface area contributed by atoms with E-state index in [0.717, 1.165) is 24.2 Å². The van der Waals surface area contributed by atoms with Gasteiger partial charge in [-0.25, -0.2) is 9.37 Å². The first-order valence-electron chi connectivity index (χ1n) is 10.3. The van der Waals surface area contributed by atoms with Gasteiger partial charge in [0, 0.05) is 24.4 Å². The molecule has 2 aromatic carbocycles. The van der Waals surface area contributed by atoms with Gasteiger partial charge in [0.2, 0.25) is 11.8 Å². The topological polar surface area (TPSA) is 91.4 Å². The van der Waals surface area contributed by atoms with Crippen molar-refractivity contribution in [2.45, 2.75) is 25.8 Å². The van der Waals surface area contributed by atoms with Crippen LogP contribution in [0.25, 0.3) is 6.08 Å². The number of para-hydroxylation sites is 2. The maximum Gasteiger partial charge on any atom is 0.253 e. The molecule has 0 saturated heterocycles. The van der Waals surface area contributed by atoms with E-state index in [-0.39, 0.29) is 28.7 Å². The third kappa shape index (κ3) is 5.50. The maximum atomic E-state index is 14.2. The van der Waals surface area contributed by atoms with Crippen molar-refractivity contribution >= 4 is 51.6 Å². The highest BCUT2D eigenvalue weighted by Crippen LogP contribution is 2.31. The number of carbonyl (C=O) groups is 3. The zero-order chi connectivity index (χ0) is 23.4. The highest BCUT2D eigenvalue weighted by atomic mass is 32.1. The van der Waals surface area contributed by atoms with Crippen molar-refractivity contribution in [1.82, 2.24) is 10.3 Å². The Balaban J connectivity index is 1.46. The maximum absolute atomic E-state index is 14.2. The second-order valence-electron chi connectivity index (χ2n) is 7.48. The van der Waals surface area contributed by atoms with Crippen LogP contribution in [0.4, 0.5) is 20.9 Å². The fourth-order valence-electron chi connectivity index (χ4n) is 3.11. The quantitative estimate of drug-likeness (QED) is 0.504. The fraction of sp³-hybridized carbons (Fsp3) is 0.167. The highest BCUT2D eigenvalue weighted by molar-refractivity contribution is 7.14. The molecule has 0 unspecified atom stereocenters. The molecule has 7 nitrogen and oxygen atoms in total. The number of amides is 3. The normalized spacial score (nSPS) is 13.0. The van der Waals surface area contributed by atoms with Crippen LogP contribution in [0.15, 0.2) is 60.0 Å². The second kappa shape index (κ2) is 9.74. The molecular formula is C24H21FN4O3S. The van der Waals surface area contributed by atoms with Crippen molar-refractivity contribution in [3.63, 3.8) is 0 Å². The molecule has 4 rings (SSSR count). The monoisotopic (exact) mass is 464 g/mol. The van der Waals surface area contributed by atoms with Crippen molar-refractivity contribution in [1.29, 1.82) is 0 Å². The SMILES string of the molecule is CC(=O)N(c1nc(/C=C/C(=O)Nc2ccccc2C(=O)NC2CC2)cs1)c1ccccc1F. The fourth-order valence-corrected chi connectivity index (χ4v) is 3.96. The predicted octanol–water partition coefficient (Wildman–Crippen LogP) is 4.51. The summed E-state index contributed by atoms with van der Waals surface area (Å²) >= 11 is 1.15. The summed E-state index contributed by atoms with van der Waals surface area (Å²) in [6.45, 7) is 1.33. The van der Waals surface area contributed by atoms with Gasteiger partial charge in [-0.1, -0.05) is 24.3 Å². The molecule has 33 heavy (non-hydrogen) atoms. The third-order valence-corrected chi connectivity index (χ3v) is 5.70. The minimum Gasteiger partial charge on any atom is -0.349 e. The average Bonchev–Trinajstić information content (AvgIpc) is 3.48.